The summed E-state index contributed by atoms with van der Waals surface area (Å²) in [5, 5.41) is 6.84. The van der Waals surface area contributed by atoms with Crippen molar-refractivity contribution in [2.24, 2.45) is 10.9 Å². The van der Waals surface area contributed by atoms with Crippen LogP contribution >= 0.6 is 24.0 Å². The minimum atomic E-state index is 0. The van der Waals surface area contributed by atoms with Gasteiger partial charge in [-0.05, 0) is 24.0 Å². The minimum Gasteiger partial charge on any atom is -0.481 e. The topological polar surface area (TPSA) is 71.0 Å². The van der Waals surface area contributed by atoms with E-state index in [1.54, 1.807) is 20.4 Å². The fraction of sp³-hybridized carbons (Fsp3) is 0.684. The number of hydrogen-bond acceptors (Lipinski definition) is 5. The molecule has 2 rings (SSSR count). The summed E-state index contributed by atoms with van der Waals surface area (Å²) in [6.45, 7) is 9.75. The van der Waals surface area contributed by atoms with Crippen LogP contribution in [-0.4, -0.2) is 68.9 Å². The van der Waals surface area contributed by atoms with Gasteiger partial charge in [-0.2, -0.15) is 0 Å². The number of morpholine rings is 1. The lowest BCUT2D eigenvalue weighted by molar-refractivity contribution is 0.0132. The molecule has 2 heterocycles. The Hall–Kier alpha value is -1.13. The van der Waals surface area contributed by atoms with E-state index in [1.807, 2.05) is 12.1 Å². The van der Waals surface area contributed by atoms with Crippen molar-refractivity contribution >= 4 is 29.9 Å². The number of nitrogens with zero attached hydrogens (tertiary/aromatic N) is 3. The highest BCUT2D eigenvalue weighted by Gasteiger charge is 2.22. The molecule has 1 saturated heterocycles. The third-order valence-electron chi connectivity index (χ3n) is 4.50. The number of ether oxygens (including phenoxy) is 2. The van der Waals surface area contributed by atoms with E-state index in [4.69, 9.17) is 9.47 Å². The molecule has 0 saturated carbocycles. The predicted molar refractivity (Wildman–Crippen MR) is 120 cm³/mol. The number of aromatic nitrogens is 1. The third kappa shape index (κ3) is 8.61. The molecule has 2 N–H and O–H groups in total. The number of hydrogen-bond donors (Lipinski definition) is 2. The summed E-state index contributed by atoms with van der Waals surface area (Å²) in [5.74, 6) is 2.09. The van der Waals surface area contributed by atoms with Gasteiger partial charge in [0.05, 0.1) is 20.3 Å². The Morgan fingerprint density at radius 1 is 1.33 bits per heavy atom. The van der Waals surface area contributed by atoms with Crippen molar-refractivity contribution in [2.45, 2.75) is 32.9 Å². The van der Waals surface area contributed by atoms with Gasteiger partial charge in [0.15, 0.2) is 5.96 Å². The van der Waals surface area contributed by atoms with Crippen LogP contribution in [0.1, 0.15) is 25.8 Å². The summed E-state index contributed by atoms with van der Waals surface area (Å²) in [6, 6.07) is 4.38. The van der Waals surface area contributed by atoms with Gasteiger partial charge < -0.3 is 20.1 Å². The van der Waals surface area contributed by atoms with Crippen molar-refractivity contribution in [3.63, 3.8) is 0 Å². The first-order chi connectivity index (χ1) is 12.6. The van der Waals surface area contributed by atoms with Crippen molar-refractivity contribution in [3.05, 3.63) is 23.9 Å². The molecule has 0 aliphatic carbocycles. The van der Waals surface area contributed by atoms with Crippen LogP contribution < -0.4 is 15.4 Å². The van der Waals surface area contributed by atoms with E-state index in [1.165, 1.54) is 0 Å². The van der Waals surface area contributed by atoms with E-state index >= 15 is 0 Å². The fourth-order valence-corrected chi connectivity index (χ4v) is 3.14. The molecule has 1 fully saturated rings. The third-order valence-corrected chi connectivity index (χ3v) is 4.50. The van der Waals surface area contributed by atoms with Crippen LogP contribution in [0.2, 0.25) is 0 Å². The summed E-state index contributed by atoms with van der Waals surface area (Å²) in [4.78, 5) is 11.0. The molecular formula is C19H34IN5O2. The van der Waals surface area contributed by atoms with Crippen LogP contribution in [0.25, 0.3) is 0 Å². The molecule has 1 atom stereocenters. The molecule has 0 amide bonds. The molecule has 1 aromatic rings. The van der Waals surface area contributed by atoms with Gasteiger partial charge in [0.2, 0.25) is 5.88 Å². The number of aliphatic imine (C=N–C) groups is 1. The second kappa shape index (κ2) is 13.1. The zero-order chi connectivity index (χ0) is 18.8. The van der Waals surface area contributed by atoms with Gasteiger partial charge in [-0.3, -0.25) is 9.89 Å². The smallest absolute Gasteiger partial charge is 0.213 e. The van der Waals surface area contributed by atoms with Gasteiger partial charge in [-0.1, -0.05) is 13.8 Å². The van der Waals surface area contributed by atoms with Gasteiger partial charge in [-0.15, -0.1) is 24.0 Å². The van der Waals surface area contributed by atoms with Gasteiger partial charge in [0, 0.05) is 51.5 Å². The fourth-order valence-electron chi connectivity index (χ4n) is 3.14. The highest BCUT2D eigenvalue weighted by Crippen LogP contribution is 2.13. The van der Waals surface area contributed by atoms with Crippen LogP contribution in [0.5, 0.6) is 5.88 Å². The molecule has 1 aromatic heterocycles. The lowest BCUT2D eigenvalue weighted by atomic mass is 10.0. The molecule has 0 aromatic carbocycles. The highest BCUT2D eigenvalue weighted by atomic mass is 127. The van der Waals surface area contributed by atoms with Gasteiger partial charge in [0.1, 0.15) is 0 Å². The first-order valence-corrected chi connectivity index (χ1v) is 9.37. The number of rotatable bonds is 8. The monoisotopic (exact) mass is 491 g/mol. The van der Waals surface area contributed by atoms with E-state index in [0.717, 1.165) is 50.8 Å². The normalized spacial score (nSPS) is 16.6. The molecule has 0 spiro atoms. The standard InChI is InChI=1S/C19H33N5O2.HI/c1-15(2)11-17(24-7-9-26-10-8-24)14-23-19(20-3)22-13-16-5-6-21-18(12-16)25-4;/h5-6,12,15,17H,7-11,13-14H2,1-4H3,(H2,20,22,23);1H. The lowest BCUT2D eigenvalue weighted by Gasteiger charge is -2.35. The molecule has 7 nitrogen and oxygen atoms in total. The Morgan fingerprint density at radius 2 is 2.07 bits per heavy atom. The Morgan fingerprint density at radius 3 is 2.70 bits per heavy atom. The summed E-state index contributed by atoms with van der Waals surface area (Å²) in [6.07, 6.45) is 2.91. The zero-order valence-electron chi connectivity index (χ0n) is 16.9. The van der Waals surface area contributed by atoms with Crippen LogP contribution in [-0.2, 0) is 11.3 Å². The van der Waals surface area contributed by atoms with Crippen molar-refractivity contribution in [1.82, 2.24) is 20.5 Å². The van der Waals surface area contributed by atoms with Crippen molar-refractivity contribution < 1.29 is 9.47 Å². The second-order valence-corrected chi connectivity index (χ2v) is 6.94. The Kier molecular flexibility index (Phi) is 11.6. The Labute approximate surface area is 180 Å². The van der Waals surface area contributed by atoms with Crippen LogP contribution in [0.15, 0.2) is 23.3 Å². The van der Waals surface area contributed by atoms with Gasteiger partial charge in [0.25, 0.3) is 0 Å². The average molecular weight is 491 g/mol. The number of methoxy groups -OCH3 is 1. The van der Waals surface area contributed by atoms with Crippen molar-refractivity contribution in [3.8, 4) is 5.88 Å². The summed E-state index contributed by atoms with van der Waals surface area (Å²) < 4.78 is 10.7. The summed E-state index contributed by atoms with van der Waals surface area (Å²) in [7, 11) is 3.43. The quantitative estimate of drug-likeness (QED) is 0.330. The number of guanidine groups is 1. The number of halogens is 1. The molecule has 154 valence electrons. The molecule has 0 radical (unpaired) electrons. The molecule has 27 heavy (non-hydrogen) atoms. The van der Waals surface area contributed by atoms with Crippen LogP contribution in [0.4, 0.5) is 0 Å². The number of nitrogens with one attached hydrogen (secondary N) is 2. The molecule has 1 aliphatic rings. The maximum atomic E-state index is 5.49. The number of pyridine rings is 1. The van der Waals surface area contributed by atoms with Crippen molar-refractivity contribution in [2.75, 3.05) is 47.0 Å². The van der Waals surface area contributed by atoms with E-state index in [9.17, 15) is 0 Å². The lowest BCUT2D eigenvalue weighted by Crippen LogP contribution is -2.50. The van der Waals surface area contributed by atoms with Crippen LogP contribution in [0, 0.1) is 5.92 Å². The molecule has 1 aliphatic heterocycles. The zero-order valence-corrected chi connectivity index (χ0v) is 19.2. The maximum absolute atomic E-state index is 5.49. The Bertz CT molecular complexity index is 565. The minimum absolute atomic E-state index is 0. The highest BCUT2D eigenvalue weighted by molar-refractivity contribution is 14.0. The molecule has 1 unspecified atom stereocenters. The SMILES string of the molecule is CN=C(NCc1ccnc(OC)c1)NCC(CC(C)C)N1CCOCC1.I. The Balaban J connectivity index is 0.00000364. The molecular weight excluding hydrogens is 457 g/mol. The van der Waals surface area contributed by atoms with Crippen molar-refractivity contribution in [1.29, 1.82) is 0 Å². The van der Waals surface area contributed by atoms with Gasteiger partial charge in [-0.25, -0.2) is 4.98 Å². The van der Waals surface area contributed by atoms with E-state index in [-0.39, 0.29) is 24.0 Å². The molecule has 0 bridgehead atoms. The first kappa shape index (κ1) is 23.9. The molecule has 8 heteroatoms. The predicted octanol–water partition coefficient (Wildman–Crippen LogP) is 2.12. The van der Waals surface area contributed by atoms with Gasteiger partial charge >= 0.3 is 0 Å². The average Bonchev–Trinajstić information content (AvgIpc) is 2.67. The second-order valence-electron chi connectivity index (χ2n) is 6.94. The summed E-state index contributed by atoms with van der Waals surface area (Å²) in [5.41, 5.74) is 1.10. The van der Waals surface area contributed by atoms with E-state index in [0.29, 0.717) is 24.4 Å². The van der Waals surface area contributed by atoms with E-state index < -0.39 is 0 Å². The van der Waals surface area contributed by atoms with E-state index in [2.05, 4.69) is 39.4 Å². The van der Waals surface area contributed by atoms with Crippen LogP contribution in [0.3, 0.4) is 0 Å². The largest absolute Gasteiger partial charge is 0.481 e. The summed E-state index contributed by atoms with van der Waals surface area (Å²) >= 11 is 0. The maximum Gasteiger partial charge on any atom is 0.213 e. The first-order valence-electron chi connectivity index (χ1n) is 9.37.